The van der Waals surface area contributed by atoms with E-state index in [4.69, 9.17) is 9.47 Å². The number of carbonyl (C=O) groups is 1. The molecule has 1 atom stereocenters. The molecule has 0 bridgehead atoms. The summed E-state index contributed by atoms with van der Waals surface area (Å²) >= 11 is 0. The van der Waals surface area contributed by atoms with Gasteiger partial charge >= 0.3 is 0 Å². The molecular formula is C16H24N2O3. The fourth-order valence-electron chi connectivity index (χ4n) is 2.59. The van der Waals surface area contributed by atoms with Crippen molar-refractivity contribution in [3.05, 3.63) is 23.8 Å². The molecule has 0 radical (unpaired) electrons. The topological polar surface area (TPSA) is 59.6 Å². The highest BCUT2D eigenvalue weighted by molar-refractivity contribution is 5.78. The molecule has 5 nitrogen and oxygen atoms in total. The fourth-order valence-corrected chi connectivity index (χ4v) is 2.59. The van der Waals surface area contributed by atoms with E-state index >= 15 is 0 Å². The Morgan fingerprint density at radius 1 is 1.33 bits per heavy atom. The Morgan fingerprint density at radius 3 is 2.81 bits per heavy atom. The molecule has 5 heteroatoms. The number of nitrogens with one attached hydrogen (secondary N) is 2. The number of amides is 1. The number of rotatable bonds is 6. The summed E-state index contributed by atoms with van der Waals surface area (Å²) < 4.78 is 10.5. The van der Waals surface area contributed by atoms with Crippen LogP contribution >= 0.6 is 0 Å². The molecular weight excluding hydrogens is 268 g/mol. The lowest BCUT2D eigenvalue weighted by Gasteiger charge is -2.21. The molecule has 1 aliphatic rings. The monoisotopic (exact) mass is 292 g/mol. The number of carbonyl (C=O) groups excluding carboxylic acids is 1. The van der Waals surface area contributed by atoms with Gasteiger partial charge in [0.1, 0.15) is 0 Å². The standard InChI is InChI=1S/C16H24N2O3/c1-20-14-6-5-12(10-15(14)21-2)7-9-18-16(19)13-4-3-8-17-11-13/h5-6,10,13,17H,3-4,7-9,11H2,1-2H3,(H,18,19)/t13-/m0/s1. The maximum Gasteiger partial charge on any atom is 0.224 e. The van der Waals surface area contributed by atoms with Gasteiger partial charge in [0.15, 0.2) is 11.5 Å². The summed E-state index contributed by atoms with van der Waals surface area (Å²) in [5, 5.41) is 6.28. The van der Waals surface area contributed by atoms with E-state index in [-0.39, 0.29) is 11.8 Å². The third kappa shape index (κ3) is 4.36. The first-order valence-corrected chi connectivity index (χ1v) is 7.44. The van der Waals surface area contributed by atoms with E-state index in [0.29, 0.717) is 6.54 Å². The number of piperidine rings is 1. The molecule has 2 N–H and O–H groups in total. The average molecular weight is 292 g/mol. The number of benzene rings is 1. The van der Waals surface area contributed by atoms with Crippen molar-refractivity contribution in [1.29, 1.82) is 0 Å². The first-order chi connectivity index (χ1) is 10.2. The number of hydrogen-bond donors (Lipinski definition) is 2. The van der Waals surface area contributed by atoms with Gasteiger partial charge in [0.05, 0.1) is 20.1 Å². The van der Waals surface area contributed by atoms with E-state index in [2.05, 4.69) is 10.6 Å². The summed E-state index contributed by atoms with van der Waals surface area (Å²) in [6, 6.07) is 5.84. The molecule has 0 aliphatic carbocycles. The molecule has 1 heterocycles. The van der Waals surface area contributed by atoms with Gasteiger partial charge in [-0.25, -0.2) is 0 Å². The Bertz CT molecular complexity index is 471. The fraction of sp³-hybridized carbons (Fsp3) is 0.562. The lowest BCUT2D eigenvalue weighted by molar-refractivity contribution is -0.125. The van der Waals surface area contributed by atoms with Gasteiger partial charge in [-0.1, -0.05) is 6.07 Å². The second-order valence-electron chi connectivity index (χ2n) is 5.27. The molecule has 0 saturated carbocycles. The maximum absolute atomic E-state index is 12.0. The molecule has 1 aliphatic heterocycles. The van der Waals surface area contributed by atoms with Crippen LogP contribution < -0.4 is 20.1 Å². The predicted molar refractivity (Wildman–Crippen MR) is 81.9 cm³/mol. The van der Waals surface area contributed by atoms with Gasteiger partial charge in [0.25, 0.3) is 0 Å². The zero-order valence-corrected chi connectivity index (χ0v) is 12.8. The normalized spacial score (nSPS) is 18.1. The van der Waals surface area contributed by atoms with Crippen molar-refractivity contribution in [2.75, 3.05) is 33.9 Å². The van der Waals surface area contributed by atoms with Gasteiger partial charge in [-0.15, -0.1) is 0 Å². The van der Waals surface area contributed by atoms with Crippen molar-refractivity contribution in [3.63, 3.8) is 0 Å². The Hall–Kier alpha value is -1.75. The van der Waals surface area contributed by atoms with E-state index in [1.807, 2.05) is 18.2 Å². The van der Waals surface area contributed by atoms with E-state index in [0.717, 1.165) is 49.4 Å². The van der Waals surface area contributed by atoms with Crippen LogP contribution in [0.4, 0.5) is 0 Å². The molecule has 21 heavy (non-hydrogen) atoms. The third-order valence-corrected chi connectivity index (χ3v) is 3.83. The predicted octanol–water partition coefficient (Wildman–Crippen LogP) is 1.36. The first kappa shape index (κ1) is 15.6. The Kier molecular flexibility index (Phi) is 5.87. The van der Waals surface area contributed by atoms with E-state index in [1.165, 1.54) is 0 Å². The summed E-state index contributed by atoms with van der Waals surface area (Å²) in [6.45, 7) is 2.46. The minimum absolute atomic E-state index is 0.115. The Morgan fingerprint density at radius 2 is 2.14 bits per heavy atom. The van der Waals surface area contributed by atoms with Gasteiger partial charge in [-0.2, -0.15) is 0 Å². The smallest absolute Gasteiger partial charge is 0.224 e. The number of ether oxygens (including phenoxy) is 2. The summed E-state index contributed by atoms with van der Waals surface area (Å²) in [5.41, 5.74) is 1.12. The van der Waals surface area contributed by atoms with E-state index in [9.17, 15) is 4.79 Å². The van der Waals surface area contributed by atoms with Gasteiger partial charge < -0.3 is 20.1 Å². The van der Waals surface area contributed by atoms with Gasteiger partial charge in [0.2, 0.25) is 5.91 Å². The minimum Gasteiger partial charge on any atom is -0.493 e. The zero-order chi connectivity index (χ0) is 15.1. The van der Waals surface area contributed by atoms with Crippen molar-refractivity contribution in [3.8, 4) is 11.5 Å². The van der Waals surface area contributed by atoms with Crippen LogP contribution in [0.5, 0.6) is 11.5 Å². The quantitative estimate of drug-likeness (QED) is 0.831. The van der Waals surface area contributed by atoms with Gasteiger partial charge in [0, 0.05) is 13.1 Å². The summed E-state index contributed by atoms with van der Waals surface area (Å²) in [5.74, 6) is 1.71. The van der Waals surface area contributed by atoms with Gasteiger partial charge in [-0.05, 0) is 43.5 Å². The molecule has 1 saturated heterocycles. The van der Waals surface area contributed by atoms with Crippen LogP contribution in [-0.4, -0.2) is 39.8 Å². The number of methoxy groups -OCH3 is 2. The number of hydrogen-bond acceptors (Lipinski definition) is 4. The van der Waals surface area contributed by atoms with Crippen molar-refractivity contribution in [2.45, 2.75) is 19.3 Å². The lowest BCUT2D eigenvalue weighted by Crippen LogP contribution is -2.41. The van der Waals surface area contributed by atoms with Crippen LogP contribution in [0, 0.1) is 5.92 Å². The van der Waals surface area contributed by atoms with Crippen LogP contribution in [-0.2, 0) is 11.2 Å². The molecule has 0 spiro atoms. The molecule has 2 rings (SSSR count). The van der Waals surface area contributed by atoms with Crippen molar-refractivity contribution in [1.82, 2.24) is 10.6 Å². The zero-order valence-electron chi connectivity index (χ0n) is 12.8. The third-order valence-electron chi connectivity index (χ3n) is 3.83. The molecule has 1 aromatic carbocycles. The maximum atomic E-state index is 12.0. The highest BCUT2D eigenvalue weighted by Crippen LogP contribution is 2.27. The molecule has 0 aromatic heterocycles. The molecule has 0 unspecified atom stereocenters. The molecule has 116 valence electrons. The van der Waals surface area contributed by atoms with Crippen molar-refractivity contribution >= 4 is 5.91 Å². The summed E-state index contributed by atoms with van der Waals surface area (Å²) in [4.78, 5) is 12.0. The van der Waals surface area contributed by atoms with Crippen LogP contribution in [0.1, 0.15) is 18.4 Å². The SMILES string of the molecule is COc1ccc(CCNC(=O)[C@H]2CCCNC2)cc1OC. The highest BCUT2D eigenvalue weighted by atomic mass is 16.5. The molecule has 1 amide bonds. The van der Waals surface area contributed by atoms with Crippen LogP contribution in [0.3, 0.4) is 0 Å². The van der Waals surface area contributed by atoms with Crippen LogP contribution in [0.2, 0.25) is 0 Å². The van der Waals surface area contributed by atoms with Crippen LogP contribution in [0.15, 0.2) is 18.2 Å². The lowest BCUT2D eigenvalue weighted by atomic mass is 9.99. The summed E-state index contributed by atoms with van der Waals surface area (Å²) in [7, 11) is 3.25. The Labute approximate surface area is 126 Å². The van der Waals surface area contributed by atoms with Gasteiger partial charge in [-0.3, -0.25) is 4.79 Å². The average Bonchev–Trinajstić information content (AvgIpc) is 2.55. The second-order valence-corrected chi connectivity index (χ2v) is 5.27. The second kappa shape index (κ2) is 7.88. The highest BCUT2D eigenvalue weighted by Gasteiger charge is 2.20. The molecule has 1 aromatic rings. The van der Waals surface area contributed by atoms with E-state index < -0.39 is 0 Å². The van der Waals surface area contributed by atoms with Crippen LogP contribution in [0.25, 0.3) is 0 Å². The summed E-state index contributed by atoms with van der Waals surface area (Å²) in [6.07, 6.45) is 2.84. The first-order valence-electron chi connectivity index (χ1n) is 7.44. The molecule has 1 fully saturated rings. The van der Waals surface area contributed by atoms with Crippen molar-refractivity contribution in [2.24, 2.45) is 5.92 Å². The Balaban J connectivity index is 1.81. The largest absolute Gasteiger partial charge is 0.493 e. The minimum atomic E-state index is 0.115. The van der Waals surface area contributed by atoms with E-state index in [1.54, 1.807) is 14.2 Å². The van der Waals surface area contributed by atoms with Crippen molar-refractivity contribution < 1.29 is 14.3 Å².